The SMILES string of the molecule is COc1cc2c(NCCc3ccncc3)nc(N3CCCCC3)nc2cc1I. The summed E-state index contributed by atoms with van der Waals surface area (Å²) >= 11 is 2.30. The van der Waals surface area contributed by atoms with Gasteiger partial charge < -0.3 is 15.0 Å². The van der Waals surface area contributed by atoms with Crippen molar-refractivity contribution in [1.29, 1.82) is 0 Å². The second kappa shape index (κ2) is 8.89. The number of methoxy groups -OCH3 is 1. The van der Waals surface area contributed by atoms with E-state index >= 15 is 0 Å². The highest BCUT2D eigenvalue weighted by Crippen LogP contribution is 2.31. The van der Waals surface area contributed by atoms with E-state index < -0.39 is 0 Å². The van der Waals surface area contributed by atoms with Crippen LogP contribution in [0, 0.1) is 3.57 Å². The molecule has 1 saturated heterocycles. The fraction of sp³-hybridized carbons (Fsp3) is 0.381. The van der Waals surface area contributed by atoms with Gasteiger partial charge in [0, 0.05) is 37.4 Å². The Hall–Kier alpha value is -2.16. The van der Waals surface area contributed by atoms with Gasteiger partial charge >= 0.3 is 0 Å². The molecular weight excluding hydrogens is 465 g/mol. The van der Waals surface area contributed by atoms with Crippen LogP contribution in [0.1, 0.15) is 24.8 Å². The van der Waals surface area contributed by atoms with E-state index in [0.29, 0.717) is 0 Å². The van der Waals surface area contributed by atoms with E-state index in [1.807, 2.05) is 30.6 Å². The van der Waals surface area contributed by atoms with Gasteiger partial charge in [-0.2, -0.15) is 4.98 Å². The minimum Gasteiger partial charge on any atom is -0.496 e. The Bertz CT molecular complexity index is 944. The summed E-state index contributed by atoms with van der Waals surface area (Å²) in [6.07, 6.45) is 8.26. The number of hydrogen-bond donors (Lipinski definition) is 1. The van der Waals surface area contributed by atoms with Crippen LogP contribution in [-0.4, -0.2) is 41.7 Å². The van der Waals surface area contributed by atoms with Gasteiger partial charge in [-0.05, 0) is 78.1 Å². The van der Waals surface area contributed by atoms with Crippen molar-refractivity contribution in [2.45, 2.75) is 25.7 Å². The molecule has 0 amide bonds. The van der Waals surface area contributed by atoms with Crippen LogP contribution in [0.5, 0.6) is 5.75 Å². The monoisotopic (exact) mass is 489 g/mol. The molecule has 7 heteroatoms. The Morgan fingerprint density at radius 3 is 2.64 bits per heavy atom. The van der Waals surface area contributed by atoms with Crippen LogP contribution in [0.4, 0.5) is 11.8 Å². The first-order valence-electron chi connectivity index (χ1n) is 9.67. The van der Waals surface area contributed by atoms with Gasteiger partial charge in [0.05, 0.1) is 16.2 Å². The van der Waals surface area contributed by atoms with Crippen LogP contribution in [0.3, 0.4) is 0 Å². The van der Waals surface area contributed by atoms with E-state index in [4.69, 9.17) is 14.7 Å². The summed E-state index contributed by atoms with van der Waals surface area (Å²) in [7, 11) is 1.70. The van der Waals surface area contributed by atoms with E-state index in [1.54, 1.807) is 7.11 Å². The van der Waals surface area contributed by atoms with Crippen molar-refractivity contribution in [3.05, 3.63) is 45.8 Å². The first kappa shape index (κ1) is 19.2. The molecule has 0 unspecified atom stereocenters. The van der Waals surface area contributed by atoms with Crippen LogP contribution in [-0.2, 0) is 6.42 Å². The molecule has 1 fully saturated rings. The number of nitrogens with zero attached hydrogens (tertiary/aromatic N) is 4. The van der Waals surface area contributed by atoms with E-state index in [1.165, 1.54) is 24.8 Å². The van der Waals surface area contributed by atoms with Gasteiger partial charge in [0.25, 0.3) is 0 Å². The molecule has 1 aliphatic heterocycles. The molecule has 0 radical (unpaired) electrons. The van der Waals surface area contributed by atoms with Crippen molar-refractivity contribution in [1.82, 2.24) is 15.0 Å². The average molecular weight is 489 g/mol. The van der Waals surface area contributed by atoms with E-state index in [9.17, 15) is 0 Å². The quantitative estimate of drug-likeness (QED) is 0.522. The molecular formula is C21H24IN5O. The van der Waals surface area contributed by atoms with Crippen molar-refractivity contribution in [2.75, 3.05) is 37.0 Å². The Morgan fingerprint density at radius 2 is 1.89 bits per heavy atom. The maximum atomic E-state index is 5.52. The van der Waals surface area contributed by atoms with Crippen molar-refractivity contribution in [3.63, 3.8) is 0 Å². The lowest BCUT2D eigenvalue weighted by molar-refractivity contribution is 0.412. The first-order chi connectivity index (χ1) is 13.7. The molecule has 3 aromatic rings. The average Bonchev–Trinajstić information content (AvgIpc) is 2.74. The molecule has 6 nitrogen and oxygen atoms in total. The molecule has 0 atom stereocenters. The second-order valence-electron chi connectivity index (χ2n) is 6.96. The molecule has 1 N–H and O–H groups in total. The molecule has 0 aliphatic carbocycles. The zero-order valence-corrected chi connectivity index (χ0v) is 18.1. The molecule has 2 aromatic heterocycles. The Morgan fingerprint density at radius 1 is 1.11 bits per heavy atom. The van der Waals surface area contributed by atoms with E-state index in [-0.39, 0.29) is 0 Å². The topological polar surface area (TPSA) is 63.2 Å². The van der Waals surface area contributed by atoms with Crippen LogP contribution in [0.2, 0.25) is 0 Å². The molecule has 4 rings (SSSR count). The van der Waals surface area contributed by atoms with Gasteiger partial charge in [-0.15, -0.1) is 0 Å². The third kappa shape index (κ3) is 4.29. The lowest BCUT2D eigenvalue weighted by Crippen LogP contribution is -2.31. The predicted molar refractivity (Wildman–Crippen MR) is 121 cm³/mol. The summed E-state index contributed by atoms with van der Waals surface area (Å²) in [6, 6.07) is 8.21. The molecule has 0 saturated carbocycles. The summed E-state index contributed by atoms with van der Waals surface area (Å²) < 4.78 is 6.57. The summed E-state index contributed by atoms with van der Waals surface area (Å²) in [4.78, 5) is 16.1. The van der Waals surface area contributed by atoms with Gasteiger partial charge in [-0.1, -0.05) is 0 Å². The molecule has 0 spiro atoms. The highest BCUT2D eigenvalue weighted by atomic mass is 127. The first-order valence-corrected chi connectivity index (χ1v) is 10.8. The Kier molecular flexibility index (Phi) is 6.09. The minimum atomic E-state index is 0.796. The highest BCUT2D eigenvalue weighted by Gasteiger charge is 2.17. The van der Waals surface area contributed by atoms with E-state index in [0.717, 1.165) is 58.0 Å². The van der Waals surface area contributed by atoms with Gasteiger partial charge in [0.2, 0.25) is 5.95 Å². The largest absolute Gasteiger partial charge is 0.496 e. The third-order valence-electron chi connectivity index (χ3n) is 5.05. The standard InChI is InChI=1S/C21H24IN5O/c1-28-19-13-16-18(14-17(19)22)25-21(27-11-3-2-4-12-27)26-20(16)24-10-7-15-5-8-23-9-6-15/h5-6,8-9,13-14H,2-4,7,10-12H2,1H3,(H,24,25,26). The number of aromatic nitrogens is 3. The number of piperidine rings is 1. The molecule has 1 aromatic carbocycles. The van der Waals surface area contributed by atoms with Crippen LogP contribution >= 0.6 is 22.6 Å². The zero-order chi connectivity index (χ0) is 19.3. The molecule has 0 bridgehead atoms. The molecule has 146 valence electrons. The lowest BCUT2D eigenvalue weighted by atomic mass is 10.1. The van der Waals surface area contributed by atoms with Crippen LogP contribution < -0.4 is 15.0 Å². The molecule has 1 aliphatic rings. The second-order valence-corrected chi connectivity index (χ2v) is 8.12. The molecule has 28 heavy (non-hydrogen) atoms. The summed E-state index contributed by atoms with van der Waals surface area (Å²) in [6.45, 7) is 2.84. The summed E-state index contributed by atoms with van der Waals surface area (Å²) in [5, 5.41) is 4.52. The number of rotatable bonds is 6. The van der Waals surface area contributed by atoms with E-state index in [2.05, 4.69) is 43.9 Å². The Labute approximate surface area is 178 Å². The predicted octanol–water partition coefficient (Wildman–Crippen LogP) is 4.28. The van der Waals surface area contributed by atoms with Gasteiger partial charge in [-0.25, -0.2) is 4.98 Å². The Balaban J connectivity index is 1.66. The number of hydrogen-bond acceptors (Lipinski definition) is 6. The van der Waals surface area contributed by atoms with Crippen molar-refractivity contribution < 1.29 is 4.74 Å². The number of fused-ring (bicyclic) bond motifs is 1. The van der Waals surface area contributed by atoms with Gasteiger partial charge in [-0.3, -0.25) is 4.98 Å². The van der Waals surface area contributed by atoms with Crippen molar-refractivity contribution in [3.8, 4) is 5.75 Å². The fourth-order valence-electron chi connectivity index (χ4n) is 3.52. The normalized spacial score (nSPS) is 14.3. The third-order valence-corrected chi connectivity index (χ3v) is 5.89. The number of nitrogens with one attached hydrogen (secondary N) is 1. The van der Waals surface area contributed by atoms with Gasteiger partial charge in [0.15, 0.2) is 0 Å². The number of pyridine rings is 1. The smallest absolute Gasteiger partial charge is 0.227 e. The van der Waals surface area contributed by atoms with Crippen LogP contribution in [0.25, 0.3) is 10.9 Å². The number of ether oxygens (including phenoxy) is 1. The fourth-order valence-corrected chi connectivity index (χ4v) is 4.19. The maximum absolute atomic E-state index is 5.52. The summed E-state index contributed by atoms with van der Waals surface area (Å²) in [5.41, 5.74) is 2.21. The van der Waals surface area contributed by atoms with Gasteiger partial charge in [0.1, 0.15) is 11.6 Å². The minimum absolute atomic E-state index is 0.796. The number of benzene rings is 1. The highest BCUT2D eigenvalue weighted by molar-refractivity contribution is 14.1. The molecule has 3 heterocycles. The van der Waals surface area contributed by atoms with Crippen LogP contribution in [0.15, 0.2) is 36.7 Å². The van der Waals surface area contributed by atoms with Crippen molar-refractivity contribution >= 4 is 45.3 Å². The summed E-state index contributed by atoms with van der Waals surface area (Å²) in [5.74, 6) is 2.54. The lowest BCUT2D eigenvalue weighted by Gasteiger charge is -2.27. The maximum Gasteiger partial charge on any atom is 0.227 e. The van der Waals surface area contributed by atoms with Crippen molar-refractivity contribution in [2.24, 2.45) is 0 Å². The number of anilines is 2. The number of halogens is 1. The zero-order valence-electron chi connectivity index (χ0n) is 16.0.